The van der Waals surface area contributed by atoms with E-state index in [1.807, 2.05) is 0 Å². The molecule has 72 valence electrons. The van der Waals surface area contributed by atoms with Crippen LogP contribution in [0.25, 0.3) is 0 Å². The molecule has 0 aromatic heterocycles. The van der Waals surface area contributed by atoms with Crippen molar-refractivity contribution >= 4 is 0 Å². The molecule has 2 heteroatoms. The van der Waals surface area contributed by atoms with Crippen molar-refractivity contribution in [3.63, 3.8) is 0 Å². The zero-order valence-corrected chi connectivity index (χ0v) is 8.18. The maximum Gasteiger partial charge on any atom is 0.0703 e. The first-order chi connectivity index (χ1) is 6.35. The Balaban J connectivity index is 1.61. The molecular formula is C11H18N2. The molecule has 0 aromatic carbocycles. The van der Waals surface area contributed by atoms with Crippen molar-refractivity contribution in [3.05, 3.63) is 0 Å². The van der Waals surface area contributed by atoms with Crippen molar-refractivity contribution in [1.29, 1.82) is 5.26 Å². The highest BCUT2D eigenvalue weighted by atomic mass is 14.9. The lowest BCUT2D eigenvalue weighted by Gasteiger charge is -2.12. The number of nitrogens with one attached hydrogen (secondary N) is 1. The molecule has 2 aliphatic rings. The summed E-state index contributed by atoms with van der Waals surface area (Å²) < 4.78 is 0. The summed E-state index contributed by atoms with van der Waals surface area (Å²) in [6.45, 7) is 2.07. The first kappa shape index (κ1) is 9.02. The maximum absolute atomic E-state index is 8.86. The molecule has 0 aromatic rings. The van der Waals surface area contributed by atoms with Gasteiger partial charge in [-0.3, -0.25) is 0 Å². The Labute approximate surface area is 80.3 Å². The largest absolute Gasteiger partial charge is 0.315 e. The van der Waals surface area contributed by atoms with E-state index in [0.717, 1.165) is 31.8 Å². The maximum atomic E-state index is 8.86. The first-order valence-corrected chi connectivity index (χ1v) is 5.47. The average Bonchev–Trinajstić information content (AvgIpc) is 2.74. The van der Waals surface area contributed by atoms with E-state index in [0.29, 0.717) is 0 Å². The van der Waals surface area contributed by atoms with Crippen LogP contribution in [0.2, 0.25) is 0 Å². The zero-order valence-electron chi connectivity index (χ0n) is 8.18. The second-order valence-corrected chi connectivity index (χ2v) is 4.67. The fraction of sp³-hybridized carbons (Fsp3) is 0.909. The van der Waals surface area contributed by atoms with Crippen LogP contribution in [0.1, 0.15) is 38.5 Å². The van der Waals surface area contributed by atoms with Crippen LogP contribution in [0.15, 0.2) is 0 Å². The molecule has 0 radical (unpaired) electrons. The van der Waals surface area contributed by atoms with E-state index >= 15 is 0 Å². The Morgan fingerprint density at radius 1 is 1.31 bits per heavy atom. The first-order valence-electron chi connectivity index (χ1n) is 5.47. The molecule has 0 saturated heterocycles. The van der Waals surface area contributed by atoms with Crippen molar-refractivity contribution in [2.45, 2.75) is 38.5 Å². The highest BCUT2D eigenvalue weighted by Crippen LogP contribution is 2.44. The molecule has 0 bridgehead atoms. The lowest BCUT2D eigenvalue weighted by molar-refractivity contribution is 0.459. The third kappa shape index (κ3) is 2.22. The van der Waals surface area contributed by atoms with E-state index in [2.05, 4.69) is 11.4 Å². The standard InChI is InChI=1S/C11H18N2/c12-8-11(5-6-11)9-13-7-10-3-1-2-4-10/h10,13H,1-7,9H2. The molecule has 2 nitrogen and oxygen atoms in total. The lowest BCUT2D eigenvalue weighted by atomic mass is 10.1. The van der Waals surface area contributed by atoms with Gasteiger partial charge in [-0.15, -0.1) is 0 Å². The zero-order chi connectivity index (χ0) is 9.15. The minimum absolute atomic E-state index is 0.0403. The molecule has 2 rings (SSSR count). The summed E-state index contributed by atoms with van der Waals surface area (Å²) in [5.41, 5.74) is 0.0403. The van der Waals surface area contributed by atoms with Crippen LogP contribution in [0.4, 0.5) is 0 Å². The molecule has 2 fully saturated rings. The van der Waals surface area contributed by atoms with Gasteiger partial charge in [0.05, 0.1) is 11.5 Å². The number of nitrogens with zero attached hydrogens (tertiary/aromatic N) is 1. The molecule has 0 spiro atoms. The van der Waals surface area contributed by atoms with Gasteiger partial charge in [0.15, 0.2) is 0 Å². The highest BCUT2D eigenvalue weighted by molar-refractivity contribution is 5.10. The van der Waals surface area contributed by atoms with Gasteiger partial charge in [0.2, 0.25) is 0 Å². The normalized spacial score (nSPS) is 25.8. The number of hydrogen-bond acceptors (Lipinski definition) is 2. The monoisotopic (exact) mass is 178 g/mol. The fourth-order valence-electron chi connectivity index (χ4n) is 2.21. The lowest BCUT2D eigenvalue weighted by Crippen LogP contribution is -2.27. The van der Waals surface area contributed by atoms with Crippen LogP contribution in [-0.2, 0) is 0 Å². The van der Waals surface area contributed by atoms with E-state index in [4.69, 9.17) is 5.26 Å². The Bertz CT molecular complexity index is 207. The third-order valence-electron chi connectivity index (χ3n) is 3.46. The summed E-state index contributed by atoms with van der Waals surface area (Å²) in [6.07, 6.45) is 7.84. The fourth-order valence-corrected chi connectivity index (χ4v) is 2.21. The van der Waals surface area contributed by atoms with E-state index in [-0.39, 0.29) is 5.41 Å². The molecular weight excluding hydrogens is 160 g/mol. The topological polar surface area (TPSA) is 35.8 Å². The SMILES string of the molecule is N#CC1(CNCC2CCCC2)CC1. The third-order valence-corrected chi connectivity index (χ3v) is 3.46. The van der Waals surface area contributed by atoms with E-state index < -0.39 is 0 Å². The number of hydrogen-bond donors (Lipinski definition) is 1. The summed E-state index contributed by atoms with van der Waals surface area (Å²) in [5.74, 6) is 0.898. The molecule has 0 amide bonds. The summed E-state index contributed by atoms with van der Waals surface area (Å²) in [4.78, 5) is 0. The van der Waals surface area contributed by atoms with Crippen LogP contribution < -0.4 is 5.32 Å². The average molecular weight is 178 g/mol. The van der Waals surface area contributed by atoms with Gasteiger partial charge in [-0.25, -0.2) is 0 Å². The van der Waals surface area contributed by atoms with Gasteiger partial charge in [0.25, 0.3) is 0 Å². The van der Waals surface area contributed by atoms with Gasteiger partial charge in [-0.2, -0.15) is 5.26 Å². The second-order valence-electron chi connectivity index (χ2n) is 4.67. The second kappa shape index (κ2) is 3.67. The summed E-state index contributed by atoms with van der Waals surface area (Å²) in [6, 6.07) is 2.42. The van der Waals surface area contributed by atoms with Gasteiger partial charge in [-0.05, 0) is 38.1 Å². The van der Waals surface area contributed by atoms with Crippen LogP contribution in [-0.4, -0.2) is 13.1 Å². The smallest absolute Gasteiger partial charge is 0.0703 e. The van der Waals surface area contributed by atoms with Crippen molar-refractivity contribution < 1.29 is 0 Å². The van der Waals surface area contributed by atoms with E-state index in [1.165, 1.54) is 25.7 Å². The predicted octanol–water partition coefficient (Wildman–Crippen LogP) is 2.07. The predicted molar refractivity (Wildman–Crippen MR) is 52.1 cm³/mol. The Hall–Kier alpha value is -0.550. The molecule has 1 N–H and O–H groups in total. The van der Waals surface area contributed by atoms with Crippen LogP contribution in [0.5, 0.6) is 0 Å². The molecule has 2 saturated carbocycles. The van der Waals surface area contributed by atoms with Gasteiger partial charge in [0.1, 0.15) is 0 Å². The summed E-state index contributed by atoms with van der Waals surface area (Å²) >= 11 is 0. The van der Waals surface area contributed by atoms with Crippen molar-refractivity contribution in [3.8, 4) is 6.07 Å². The van der Waals surface area contributed by atoms with Crippen LogP contribution in [0.3, 0.4) is 0 Å². The van der Waals surface area contributed by atoms with Gasteiger partial charge < -0.3 is 5.32 Å². The van der Waals surface area contributed by atoms with Crippen molar-refractivity contribution in [1.82, 2.24) is 5.32 Å². The van der Waals surface area contributed by atoms with Crippen LogP contribution >= 0.6 is 0 Å². The van der Waals surface area contributed by atoms with Gasteiger partial charge in [-0.1, -0.05) is 12.8 Å². The molecule has 0 atom stereocenters. The Kier molecular flexibility index (Phi) is 2.55. The van der Waals surface area contributed by atoms with E-state index in [1.54, 1.807) is 0 Å². The summed E-state index contributed by atoms with van der Waals surface area (Å²) in [7, 11) is 0. The number of rotatable bonds is 4. The molecule has 0 heterocycles. The van der Waals surface area contributed by atoms with Crippen molar-refractivity contribution in [2.75, 3.05) is 13.1 Å². The minimum Gasteiger partial charge on any atom is -0.315 e. The van der Waals surface area contributed by atoms with E-state index in [9.17, 15) is 0 Å². The quantitative estimate of drug-likeness (QED) is 0.715. The Morgan fingerprint density at radius 2 is 2.00 bits per heavy atom. The molecule has 2 aliphatic carbocycles. The summed E-state index contributed by atoms with van der Waals surface area (Å²) in [5, 5.41) is 12.3. The molecule has 0 aliphatic heterocycles. The van der Waals surface area contributed by atoms with Crippen LogP contribution in [0, 0.1) is 22.7 Å². The molecule has 13 heavy (non-hydrogen) atoms. The minimum atomic E-state index is 0.0403. The highest BCUT2D eigenvalue weighted by Gasteiger charge is 2.42. The van der Waals surface area contributed by atoms with Crippen molar-refractivity contribution in [2.24, 2.45) is 11.3 Å². The van der Waals surface area contributed by atoms with Gasteiger partial charge >= 0.3 is 0 Å². The number of nitriles is 1. The molecule has 0 unspecified atom stereocenters. The Morgan fingerprint density at radius 3 is 2.54 bits per heavy atom. The van der Waals surface area contributed by atoms with Gasteiger partial charge in [0, 0.05) is 6.54 Å².